The second kappa shape index (κ2) is 5.63. The van der Waals surface area contributed by atoms with Crippen LogP contribution in [0.4, 0.5) is 0 Å². The van der Waals surface area contributed by atoms with Crippen molar-refractivity contribution in [1.82, 2.24) is 4.98 Å². The summed E-state index contributed by atoms with van der Waals surface area (Å²) in [7, 11) is 0. The molecule has 0 aromatic carbocycles. The van der Waals surface area contributed by atoms with E-state index in [2.05, 4.69) is 4.98 Å². The summed E-state index contributed by atoms with van der Waals surface area (Å²) in [4.78, 5) is 27.7. The molecule has 1 aromatic heterocycles. The number of hydrogen-bond acceptors (Lipinski definition) is 7. The second-order valence-electron chi connectivity index (χ2n) is 4.39. The van der Waals surface area contributed by atoms with Crippen molar-refractivity contribution in [3.63, 3.8) is 0 Å². The molecule has 1 fully saturated rings. The average molecular weight is 349 g/mol. The molecule has 9 heteroatoms. The second-order valence-corrected chi connectivity index (χ2v) is 6.19. The Morgan fingerprint density at radius 3 is 2.90 bits per heavy atom. The monoisotopic (exact) mass is 350 g/mol. The molecule has 1 aliphatic heterocycles. The van der Waals surface area contributed by atoms with Gasteiger partial charge in [0.1, 0.15) is 0 Å². The van der Waals surface area contributed by atoms with Gasteiger partial charge in [-0.05, 0) is 0 Å². The Morgan fingerprint density at radius 2 is 2.40 bits per heavy atom. The molecule has 0 radical (unpaired) electrons. The Hall–Kier alpha value is -1.25. The van der Waals surface area contributed by atoms with Crippen LogP contribution in [0.2, 0.25) is 0 Å². The molecule has 0 unspecified atom stereocenters. The first-order valence-corrected chi connectivity index (χ1v) is 7.61. The number of carbonyl (C=O) groups excluding carboxylic acids is 2. The van der Waals surface area contributed by atoms with E-state index < -0.39 is 50.8 Å². The van der Waals surface area contributed by atoms with Crippen LogP contribution < -0.4 is 5.73 Å². The van der Waals surface area contributed by atoms with E-state index in [9.17, 15) is 19.8 Å². The van der Waals surface area contributed by atoms with E-state index >= 15 is 0 Å². The molecule has 1 saturated heterocycles. The van der Waals surface area contributed by atoms with Crippen molar-refractivity contribution in [2.24, 2.45) is 5.73 Å². The molecule has 20 heavy (non-hydrogen) atoms. The van der Waals surface area contributed by atoms with E-state index in [0.29, 0.717) is 4.57 Å². The third-order valence-corrected chi connectivity index (χ3v) is 5.04. The first kappa shape index (κ1) is 15.1. The number of ether oxygens (including phenoxy) is 2. The van der Waals surface area contributed by atoms with Crippen LogP contribution in [0.3, 0.4) is 0 Å². The summed E-state index contributed by atoms with van der Waals surface area (Å²) in [6.45, 7) is 0.620. The van der Waals surface area contributed by atoms with Crippen LogP contribution in [0.1, 0.15) is 22.0 Å². The van der Waals surface area contributed by atoms with Gasteiger partial charge in [-0.3, -0.25) is 0 Å². The minimum atomic E-state index is -1.65. The third kappa shape index (κ3) is 2.63. The van der Waals surface area contributed by atoms with E-state index in [0.717, 1.165) is 0 Å². The molecule has 2 heterocycles. The number of nitrogens with two attached hydrogens (primary N) is 1. The maximum atomic E-state index is 11.1. The van der Waals surface area contributed by atoms with E-state index in [4.69, 9.17) is 15.2 Å². The van der Waals surface area contributed by atoms with Crippen molar-refractivity contribution in [2.75, 3.05) is 13.2 Å². The predicted molar refractivity (Wildman–Crippen MR) is 66.0 cm³/mol. The summed E-state index contributed by atoms with van der Waals surface area (Å²) in [6, 6.07) is 0. The summed E-state index contributed by atoms with van der Waals surface area (Å²) in [5.74, 6) is -1.29. The van der Waals surface area contributed by atoms with Crippen molar-refractivity contribution >= 4 is 26.4 Å². The van der Waals surface area contributed by atoms with Crippen molar-refractivity contribution < 1.29 is 29.3 Å². The van der Waals surface area contributed by atoms with E-state index in [-0.39, 0.29) is 12.3 Å². The fraction of sp³-hybridized carbons (Fsp3) is 0.545. The first-order valence-electron chi connectivity index (χ1n) is 5.76. The summed E-state index contributed by atoms with van der Waals surface area (Å²) < 4.78 is 10.6. The maximum absolute atomic E-state index is 11.1. The van der Waals surface area contributed by atoms with Gasteiger partial charge < -0.3 is 0 Å². The topological polar surface area (TPSA) is 132 Å². The molecule has 1 aromatic rings. The van der Waals surface area contributed by atoms with Gasteiger partial charge in [-0.1, -0.05) is 0 Å². The fourth-order valence-electron chi connectivity index (χ4n) is 1.98. The van der Waals surface area contributed by atoms with Gasteiger partial charge in [-0.15, -0.1) is 0 Å². The van der Waals surface area contributed by atoms with E-state index in [1.54, 1.807) is 4.94 Å². The molecular weight excluding hydrogens is 335 g/mol. The zero-order valence-electron chi connectivity index (χ0n) is 10.6. The molecule has 0 spiro atoms. The van der Waals surface area contributed by atoms with E-state index in [1.807, 2.05) is 0 Å². The number of aliphatic hydroxyl groups excluding tert-OH is 1. The number of rotatable bonds is 4. The van der Waals surface area contributed by atoms with Crippen molar-refractivity contribution in [2.45, 2.75) is 24.7 Å². The summed E-state index contributed by atoms with van der Waals surface area (Å²) in [5, 5.41) is 19.9. The molecule has 0 aliphatic carbocycles. The van der Waals surface area contributed by atoms with Gasteiger partial charge in [-0.25, -0.2) is 0 Å². The zero-order valence-corrected chi connectivity index (χ0v) is 12.3. The number of aliphatic hydroxyl groups is 2. The molecule has 3 atom stereocenters. The number of primary amides is 1. The zero-order chi connectivity index (χ0) is 14.9. The number of amides is 1. The van der Waals surface area contributed by atoms with Gasteiger partial charge in [0, 0.05) is 0 Å². The SMILES string of the molecule is CC(=O)O[C@@H]1[C@@H](CO)OC[C@]1(O)c1nc(C(N)=O)c[se]1. The standard InChI is InChI=1S/C11H14N2O6Se/c1-5(15)19-8-7(2-14)18-4-11(8,17)10-13-6(3-20-10)9(12)16/h3,7-8,14,17H,2,4H2,1H3,(H2,12,16)/t7-,8-,11-/m1/s1. The van der Waals surface area contributed by atoms with Crippen LogP contribution >= 0.6 is 0 Å². The normalized spacial score (nSPS) is 29.4. The summed E-state index contributed by atoms with van der Waals surface area (Å²) >= 11 is -0.398. The molecule has 1 amide bonds. The van der Waals surface area contributed by atoms with Crippen molar-refractivity contribution in [3.8, 4) is 0 Å². The molecule has 4 N–H and O–H groups in total. The quantitative estimate of drug-likeness (QED) is 0.413. The van der Waals surface area contributed by atoms with Crippen LogP contribution in [-0.4, -0.2) is 67.0 Å². The molecule has 0 bridgehead atoms. The predicted octanol–water partition coefficient (Wildman–Crippen LogP) is -2.25. The van der Waals surface area contributed by atoms with Gasteiger partial charge in [0.15, 0.2) is 0 Å². The Labute approximate surface area is 120 Å². The average Bonchev–Trinajstić information content (AvgIpc) is 2.96. The number of aromatic nitrogens is 1. The summed E-state index contributed by atoms with van der Waals surface area (Å²) in [5.41, 5.74) is 3.55. The van der Waals surface area contributed by atoms with Crippen molar-refractivity contribution in [1.29, 1.82) is 0 Å². The Balaban J connectivity index is 2.34. The van der Waals surface area contributed by atoms with Crippen LogP contribution in [0, 0.1) is 0 Å². The van der Waals surface area contributed by atoms with Gasteiger partial charge in [0.05, 0.1) is 0 Å². The van der Waals surface area contributed by atoms with Crippen LogP contribution in [0.25, 0.3) is 0 Å². The molecule has 1 aliphatic rings. The van der Waals surface area contributed by atoms with Crippen LogP contribution in [0.15, 0.2) is 4.94 Å². The molecule has 110 valence electrons. The minimum absolute atomic E-state index is 0.0717. The first-order chi connectivity index (χ1) is 9.38. The molecule has 0 saturated carbocycles. The fourth-order valence-corrected chi connectivity index (χ4v) is 3.92. The number of hydrogen-bond donors (Lipinski definition) is 3. The van der Waals surface area contributed by atoms with Crippen LogP contribution in [-0.2, 0) is 19.9 Å². The van der Waals surface area contributed by atoms with Crippen LogP contribution in [0.5, 0.6) is 0 Å². The summed E-state index contributed by atoms with van der Waals surface area (Å²) in [6.07, 6.45) is -1.90. The Bertz CT molecular complexity index is 533. The number of carbonyl (C=O) groups is 2. The number of esters is 1. The molecule has 8 nitrogen and oxygen atoms in total. The van der Waals surface area contributed by atoms with Crippen molar-refractivity contribution in [3.05, 3.63) is 15.2 Å². The van der Waals surface area contributed by atoms with Gasteiger partial charge in [-0.2, -0.15) is 0 Å². The van der Waals surface area contributed by atoms with Gasteiger partial charge in [0.2, 0.25) is 0 Å². The molecule has 2 rings (SSSR count). The van der Waals surface area contributed by atoms with Gasteiger partial charge in [0.25, 0.3) is 0 Å². The Morgan fingerprint density at radius 1 is 1.70 bits per heavy atom. The third-order valence-electron chi connectivity index (χ3n) is 2.93. The number of nitrogens with zero attached hydrogens (tertiary/aromatic N) is 1. The Kier molecular flexibility index (Phi) is 4.26. The van der Waals surface area contributed by atoms with Gasteiger partial charge >= 0.3 is 120 Å². The van der Waals surface area contributed by atoms with E-state index in [1.165, 1.54) is 6.92 Å². The molecular formula is C11H14N2O6Se.